The fourth-order valence-corrected chi connectivity index (χ4v) is 3.36. The maximum atomic E-state index is 11.6. The van der Waals surface area contributed by atoms with Crippen LogP contribution in [0.1, 0.15) is 40.0 Å². The predicted octanol–water partition coefficient (Wildman–Crippen LogP) is 0.867. The average Bonchev–Trinajstić information content (AvgIpc) is 1.92. The Balaban J connectivity index is 2.43. The fourth-order valence-electron chi connectivity index (χ4n) is 1.63. The van der Waals surface area contributed by atoms with Crippen LogP contribution in [-0.2, 0) is 10.0 Å². The van der Waals surface area contributed by atoms with E-state index in [4.69, 9.17) is 0 Å². The van der Waals surface area contributed by atoms with Crippen molar-refractivity contribution in [1.82, 2.24) is 4.72 Å². The molecule has 0 aromatic heterocycles. The smallest absolute Gasteiger partial charge is 0.212 e. The largest absolute Gasteiger partial charge is 0.389 e. The van der Waals surface area contributed by atoms with E-state index in [1.807, 2.05) is 20.8 Å². The Bertz CT molecular complexity index is 312. The van der Waals surface area contributed by atoms with Crippen LogP contribution < -0.4 is 4.72 Å². The Morgan fingerprint density at radius 3 is 2.20 bits per heavy atom. The van der Waals surface area contributed by atoms with Gasteiger partial charge in [0.15, 0.2) is 0 Å². The van der Waals surface area contributed by atoms with Crippen LogP contribution >= 0.6 is 0 Å². The molecule has 0 radical (unpaired) electrons. The lowest BCUT2D eigenvalue weighted by Gasteiger charge is -2.36. The van der Waals surface area contributed by atoms with Crippen molar-refractivity contribution in [2.24, 2.45) is 5.41 Å². The van der Waals surface area contributed by atoms with Gasteiger partial charge < -0.3 is 5.11 Å². The lowest BCUT2D eigenvalue weighted by atomic mass is 9.81. The topological polar surface area (TPSA) is 66.4 Å². The summed E-state index contributed by atoms with van der Waals surface area (Å²) in [5.74, 6) is 0.0933. The third kappa shape index (κ3) is 4.49. The van der Waals surface area contributed by atoms with E-state index in [0.29, 0.717) is 12.8 Å². The van der Waals surface area contributed by atoms with Crippen LogP contribution in [0.5, 0.6) is 0 Å². The van der Waals surface area contributed by atoms with Crippen LogP contribution in [0.25, 0.3) is 0 Å². The zero-order valence-electron chi connectivity index (χ0n) is 9.71. The number of nitrogens with one attached hydrogen (secondary N) is 1. The summed E-state index contributed by atoms with van der Waals surface area (Å²) in [7, 11) is -3.26. The second-order valence-corrected chi connectivity index (χ2v) is 7.53. The van der Waals surface area contributed by atoms with E-state index in [0.717, 1.165) is 6.42 Å². The van der Waals surface area contributed by atoms with Crippen molar-refractivity contribution in [2.45, 2.75) is 45.6 Å². The van der Waals surface area contributed by atoms with Gasteiger partial charge in [0.05, 0.1) is 11.4 Å². The van der Waals surface area contributed by atoms with E-state index in [1.165, 1.54) is 0 Å². The molecule has 0 aliphatic heterocycles. The molecule has 5 heteroatoms. The van der Waals surface area contributed by atoms with Crippen molar-refractivity contribution in [1.29, 1.82) is 0 Å². The minimum atomic E-state index is -3.26. The fraction of sp³-hybridized carbons (Fsp3) is 1.00. The molecule has 1 rings (SSSR count). The summed E-state index contributed by atoms with van der Waals surface area (Å²) in [5.41, 5.74) is -1.04. The van der Waals surface area contributed by atoms with Gasteiger partial charge in [-0.1, -0.05) is 20.8 Å². The number of aliphatic hydroxyl groups is 1. The molecular formula is C10H21NO3S. The van der Waals surface area contributed by atoms with Crippen molar-refractivity contribution >= 4 is 10.0 Å². The molecular weight excluding hydrogens is 214 g/mol. The zero-order chi connectivity index (χ0) is 11.7. The highest BCUT2D eigenvalue weighted by Crippen LogP contribution is 2.30. The van der Waals surface area contributed by atoms with Crippen LogP contribution in [-0.4, -0.2) is 31.4 Å². The molecule has 0 saturated heterocycles. The Morgan fingerprint density at radius 1 is 1.33 bits per heavy atom. The molecule has 1 fully saturated rings. The lowest BCUT2D eigenvalue weighted by Crippen LogP contribution is -2.48. The maximum Gasteiger partial charge on any atom is 0.212 e. The summed E-state index contributed by atoms with van der Waals surface area (Å²) in [6.45, 7) is 5.80. The van der Waals surface area contributed by atoms with Gasteiger partial charge in [-0.25, -0.2) is 13.1 Å². The van der Waals surface area contributed by atoms with Crippen LogP contribution in [0.2, 0.25) is 0 Å². The Kier molecular flexibility index (Phi) is 3.48. The molecule has 0 spiro atoms. The van der Waals surface area contributed by atoms with E-state index in [-0.39, 0.29) is 17.7 Å². The Hall–Kier alpha value is -0.130. The molecule has 1 aliphatic rings. The quantitative estimate of drug-likeness (QED) is 0.759. The van der Waals surface area contributed by atoms with Crippen molar-refractivity contribution < 1.29 is 13.5 Å². The number of hydrogen-bond donors (Lipinski definition) is 2. The van der Waals surface area contributed by atoms with Crippen molar-refractivity contribution in [2.75, 3.05) is 12.3 Å². The third-order valence-electron chi connectivity index (χ3n) is 2.53. The van der Waals surface area contributed by atoms with Gasteiger partial charge in [-0.15, -0.1) is 0 Å². The minimum absolute atomic E-state index is 0.0933. The van der Waals surface area contributed by atoms with Crippen LogP contribution in [0.15, 0.2) is 0 Å². The number of hydrogen-bond acceptors (Lipinski definition) is 3. The van der Waals surface area contributed by atoms with E-state index < -0.39 is 15.6 Å². The van der Waals surface area contributed by atoms with Gasteiger partial charge in [-0.2, -0.15) is 0 Å². The molecule has 2 N–H and O–H groups in total. The van der Waals surface area contributed by atoms with Crippen molar-refractivity contribution in [3.63, 3.8) is 0 Å². The Labute approximate surface area is 92.1 Å². The number of sulfonamides is 1. The summed E-state index contributed by atoms with van der Waals surface area (Å²) >= 11 is 0. The highest BCUT2D eigenvalue weighted by molar-refractivity contribution is 7.89. The standard InChI is InChI=1S/C10H21NO3S/c1-9(2,3)8-15(13,14)11-7-10(12)5-4-6-10/h11-12H,4-8H2,1-3H3. The highest BCUT2D eigenvalue weighted by Gasteiger charge is 2.35. The summed E-state index contributed by atoms with van der Waals surface area (Å²) in [6.07, 6.45) is 2.38. The number of rotatable bonds is 4. The molecule has 4 nitrogen and oxygen atoms in total. The predicted molar refractivity (Wildman–Crippen MR) is 60.0 cm³/mol. The van der Waals surface area contributed by atoms with Crippen molar-refractivity contribution in [3.8, 4) is 0 Å². The second-order valence-electron chi connectivity index (χ2n) is 5.72. The Morgan fingerprint density at radius 2 is 1.87 bits per heavy atom. The van der Waals surface area contributed by atoms with E-state index in [1.54, 1.807) is 0 Å². The maximum absolute atomic E-state index is 11.6. The monoisotopic (exact) mass is 235 g/mol. The molecule has 1 saturated carbocycles. The lowest BCUT2D eigenvalue weighted by molar-refractivity contribution is -0.0271. The molecule has 0 heterocycles. The minimum Gasteiger partial charge on any atom is -0.389 e. The first-order valence-electron chi connectivity index (χ1n) is 5.32. The molecule has 0 atom stereocenters. The van der Waals surface area contributed by atoms with Crippen molar-refractivity contribution in [3.05, 3.63) is 0 Å². The summed E-state index contributed by atoms with van der Waals surface area (Å²) < 4.78 is 25.7. The van der Waals surface area contributed by atoms with Gasteiger partial charge >= 0.3 is 0 Å². The summed E-state index contributed by atoms with van der Waals surface area (Å²) in [6, 6.07) is 0. The molecule has 1 aliphatic carbocycles. The summed E-state index contributed by atoms with van der Waals surface area (Å²) in [5, 5.41) is 9.74. The molecule has 0 aromatic carbocycles. The first-order valence-corrected chi connectivity index (χ1v) is 6.97. The van der Waals surface area contributed by atoms with Gasteiger partial charge in [-0.05, 0) is 24.7 Å². The first-order chi connectivity index (χ1) is 6.62. The van der Waals surface area contributed by atoms with E-state index in [2.05, 4.69) is 4.72 Å². The normalized spacial score (nSPS) is 21.1. The van der Waals surface area contributed by atoms with E-state index >= 15 is 0 Å². The van der Waals surface area contributed by atoms with Crippen LogP contribution in [0.4, 0.5) is 0 Å². The van der Waals surface area contributed by atoms with Crippen LogP contribution in [0, 0.1) is 5.41 Å². The van der Waals surface area contributed by atoms with Gasteiger partial charge in [0.25, 0.3) is 0 Å². The molecule has 90 valence electrons. The first kappa shape index (κ1) is 12.9. The second kappa shape index (κ2) is 4.03. The highest BCUT2D eigenvalue weighted by atomic mass is 32.2. The average molecular weight is 235 g/mol. The summed E-state index contributed by atoms with van der Waals surface area (Å²) in [4.78, 5) is 0. The SMILES string of the molecule is CC(C)(C)CS(=O)(=O)NCC1(O)CCC1. The zero-order valence-corrected chi connectivity index (χ0v) is 10.5. The molecule has 0 bridgehead atoms. The van der Waals surface area contributed by atoms with Gasteiger partial charge in [-0.3, -0.25) is 0 Å². The molecule has 15 heavy (non-hydrogen) atoms. The van der Waals surface area contributed by atoms with Crippen LogP contribution in [0.3, 0.4) is 0 Å². The molecule has 0 unspecified atom stereocenters. The molecule has 0 aromatic rings. The van der Waals surface area contributed by atoms with Gasteiger partial charge in [0, 0.05) is 6.54 Å². The van der Waals surface area contributed by atoms with Gasteiger partial charge in [0.1, 0.15) is 0 Å². The van der Waals surface area contributed by atoms with Gasteiger partial charge in [0.2, 0.25) is 10.0 Å². The molecule has 0 amide bonds. The third-order valence-corrected chi connectivity index (χ3v) is 4.36. The van der Waals surface area contributed by atoms with E-state index in [9.17, 15) is 13.5 Å².